The van der Waals surface area contributed by atoms with Crippen LogP contribution in [0.2, 0.25) is 0 Å². The first kappa shape index (κ1) is 16.7. The number of aliphatic hydroxyl groups is 1. The van der Waals surface area contributed by atoms with Crippen LogP contribution in [0.4, 0.5) is 0 Å². The van der Waals surface area contributed by atoms with Gasteiger partial charge in [0.2, 0.25) is 5.91 Å². The Hall–Kier alpha value is -2.17. The molecule has 1 N–H and O–H groups in total. The van der Waals surface area contributed by atoms with Gasteiger partial charge in [0.05, 0.1) is 25.2 Å². The number of rotatable bonds is 5. The largest absolute Gasteiger partial charge is 0.394 e. The molecule has 0 aromatic heterocycles. The highest BCUT2D eigenvalue weighted by Gasteiger charge is 2.34. The molecule has 2 aromatic carbocycles. The predicted molar refractivity (Wildman–Crippen MR) is 93.6 cm³/mol. The molecule has 0 unspecified atom stereocenters. The highest BCUT2D eigenvalue weighted by atomic mass is 16.5. The zero-order chi connectivity index (χ0) is 16.9. The number of likely N-dealkylation sites (tertiary alicyclic amines) is 1. The summed E-state index contributed by atoms with van der Waals surface area (Å²) in [5, 5.41) is 9.48. The lowest BCUT2D eigenvalue weighted by Crippen LogP contribution is -2.38. The molecule has 3 rings (SSSR count). The van der Waals surface area contributed by atoms with Crippen LogP contribution in [-0.2, 0) is 16.0 Å². The van der Waals surface area contributed by atoms with Crippen molar-refractivity contribution in [3.05, 3.63) is 60.2 Å². The number of amides is 1. The average molecular weight is 325 g/mol. The van der Waals surface area contributed by atoms with Crippen molar-refractivity contribution in [2.45, 2.75) is 25.0 Å². The molecule has 1 heterocycles. The standard InChI is InChI=1S/C20H23NO3/c1-24-19-12-18(14-22)21(13-19)20(23)11-15-7-9-17(10-8-15)16-5-3-2-4-6-16/h2-10,18-19,22H,11-14H2,1H3/t18-,19-/m0/s1. The second-order valence-electron chi connectivity index (χ2n) is 6.22. The molecule has 24 heavy (non-hydrogen) atoms. The Morgan fingerprint density at radius 1 is 1.12 bits per heavy atom. The fraction of sp³-hybridized carbons (Fsp3) is 0.350. The summed E-state index contributed by atoms with van der Waals surface area (Å²) in [5.74, 6) is 0.0426. The average Bonchev–Trinajstić information content (AvgIpc) is 3.07. The van der Waals surface area contributed by atoms with Gasteiger partial charge in [-0.25, -0.2) is 0 Å². The summed E-state index contributed by atoms with van der Waals surface area (Å²) in [6.45, 7) is 0.543. The fourth-order valence-electron chi connectivity index (χ4n) is 3.24. The van der Waals surface area contributed by atoms with E-state index < -0.39 is 0 Å². The molecule has 4 heteroatoms. The smallest absolute Gasteiger partial charge is 0.227 e. The third-order valence-corrected chi connectivity index (χ3v) is 4.66. The van der Waals surface area contributed by atoms with Gasteiger partial charge in [-0.15, -0.1) is 0 Å². The number of hydrogen-bond acceptors (Lipinski definition) is 3. The Bertz CT molecular complexity index is 669. The molecule has 0 saturated carbocycles. The van der Waals surface area contributed by atoms with Crippen molar-refractivity contribution in [3.63, 3.8) is 0 Å². The molecule has 1 aliphatic rings. The molecule has 2 atom stereocenters. The molecule has 1 amide bonds. The molecule has 4 nitrogen and oxygen atoms in total. The van der Waals surface area contributed by atoms with Crippen molar-refractivity contribution in [1.29, 1.82) is 0 Å². The second-order valence-corrected chi connectivity index (χ2v) is 6.22. The lowest BCUT2D eigenvalue weighted by Gasteiger charge is -2.22. The van der Waals surface area contributed by atoms with Gasteiger partial charge in [0, 0.05) is 13.7 Å². The first-order chi connectivity index (χ1) is 11.7. The van der Waals surface area contributed by atoms with E-state index in [0.717, 1.165) is 11.1 Å². The monoisotopic (exact) mass is 325 g/mol. The van der Waals surface area contributed by atoms with Crippen molar-refractivity contribution in [3.8, 4) is 11.1 Å². The summed E-state index contributed by atoms with van der Waals surface area (Å²) in [5.41, 5.74) is 3.29. The Balaban J connectivity index is 1.66. The van der Waals surface area contributed by atoms with E-state index in [1.54, 1.807) is 12.0 Å². The maximum absolute atomic E-state index is 12.6. The normalized spacial score (nSPS) is 20.3. The van der Waals surface area contributed by atoms with Crippen LogP contribution in [0.1, 0.15) is 12.0 Å². The molecule has 2 aromatic rings. The summed E-state index contributed by atoms with van der Waals surface area (Å²) in [7, 11) is 1.65. The topological polar surface area (TPSA) is 49.8 Å². The van der Waals surface area contributed by atoms with Crippen LogP contribution in [0.3, 0.4) is 0 Å². The van der Waals surface area contributed by atoms with Crippen LogP contribution in [-0.4, -0.2) is 48.3 Å². The zero-order valence-corrected chi connectivity index (χ0v) is 13.9. The summed E-state index contributed by atoms with van der Waals surface area (Å²) in [6, 6.07) is 18.1. The second kappa shape index (κ2) is 7.60. The third-order valence-electron chi connectivity index (χ3n) is 4.66. The van der Waals surface area contributed by atoms with E-state index in [4.69, 9.17) is 4.74 Å². The number of benzene rings is 2. The number of carbonyl (C=O) groups excluding carboxylic acids is 1. The SMILES string of the molecule is CO[C@H]1C[C@@H](CO)N(C(=O)Cc2ccc(-c3ccccc3)cc2)C1. The van der Waals surface area contributed by atoms with Gasteiger partial charge in [-0.05, 0) is 23.1 Å². The molecular weight excluding hydrogens is 302 g/mol. The maximum atomic E-state index is 12.6. The first-order valence-corrected chi connectivity index (χ1v) is 8.28. The van der Waals surface area contributed by atoms with E-state index >= 15 is 0 Å². The van der Waals surface area contributed by atoms with Crippen LogP contribution in [0.25, 0.3) is 11.1 Å². The zero-order valence-electron chi connectivity index (χ0n) is 13.9. The Morgan fingerprint density at radius 2 is 1.79 bits per heavy atom. The summed E-state index contributed by atoms with van der Waals surface area (Å²) in [6.07, 6.45) is 1.07. The lowest BCUT2D eigenvalue weighted by molar-refractivity contribution is -0.132. The summed E-state index contributed by atoms with van der Waals surface area (Å²) < 4.78 is 5.33. The highest BCUT2D eigenvalue weighted by molar-refractivity contribution is 5.79. The van der Waals surface area contributed by atoms with Crippen LogP contribution in [0.15, 0.2) is 54.6 Å². The van der Waals surface area contributed by atoms with Gasteiger partial charge in [-0.2, -0.15) is 0 Å². The minimum absolute atomic E-state index is 0.0153. The number of carbonyl (C=O) groups is 1. The van der Waals surface area contributed by atoms with Gasteiger partial charge in [-0.1, -0.05) is 54.6 Å². The number of nitrogens with zero attached hydrogens (tertiary/aromatic N) is 1. The van der Waals surface area contributed by atoms with Crippen molar-refractivity contribution in [2.24, 2.45) is 0 Å². The molecule has 0 radical (unpaired) electrons. The Kier molecular flexibility index (Phi) is 5.28. The van der Waals surface area contributed by atoms with Crippen LogP contribution >= 0.6 is 0 Å². The van der Waals surface area contributed by atoms with Crippen molar-refractivity contribution < 1.29 is 14.6 Å². The minimum Gasteiger partial charge on any atom is -0.394 e. The molecule has 0 bridgehead atoms. The van der Waals surface area contributed by atoms with Crippen molar-refractivity contribution in [1.82, 2.24) is 4.90 Å². The van der Waals surface area contributed by atoms with Gasteiger partial charge in [0.15, 0.2) is 0 Å². The van der Waals surface area contributed by atoms with Crippen LogP contribution in [0, 0.1) is 0 Å². The van der Waals surface area contributed by atoms with E-state index in [1.807, 2.05) is 42.5 Å². The lowest BCUT2D eigenvalue weighted by atomic mass is 10.0. The number of ether oxygens (including phenoxy) is 1. The molecule has 1 aliphatic heterocycles. The van der Waals surface area contributed by atoms with Gasteiger partial charge in [0.1, 0.15) is 0 Å². The van der Waals surface area contributed by atoms with Gasteiger partial charge >= 0.3 is 0 Å². The summed E-state index contributed by atoms with van der Waals surface area (Å²) >= 11 is 0. The van der Waals surface area contributed by atoms with E-state index in [-0.39, 0.29) is 24.7 Å². The van der Waals surface area contributed by atoms with Crippen LogP contribution in [0.5, 0.6) is 0 Å². The third kappa shape index (κ3) is 3.66. The molecule has 1 fully saturated rings. The van der Waals surface area contributed by atoms with E-state index in [0.29, 0.717) is 19.4 Å². The van der Waals surface area contributed by atoms with Crippen molar-refractivity contribution in [2.75, 3.05) is 20.3 Å². The van der Waals surface area contributed by atoms with Gasteiger partial charge in [0.25, 0.3) is 0 Å². The number of hydrogen-bond donors (Lipinski definition) is 1. The first-order valence-electron chi connectivity index (χ1n) is 8.28. The van der Waals surface area contributed by atoms with Crippen molar-refractivity contribution >= 4 is 5.91 Å². The molecule has 1 saturated heterocycles. The van der Waals surface area contributed by atoms with Gasteiger partial charge in [-0.3, -0.25) is 4.79 Å². The molecular formula is C20H23NO3. The minimum atomic E-state index is -0.133. The number of aliphatic hydroxyl groups excluding tert-OH is 1. The number of methoxy groups -OCH3 is 1. The Labute approximate surface area is 142 Å². The molecule has 126 valence electrons. The predicted octanol–water partition coefficient (Wildman–Crippen LogP) is 2.50. The fourth-order valence-corrected chi connectivity index (χ4v) is 3.24. The highest BCUT2D eigenvalue weighted by Crippen LogP contribution is 2.22. The molecule has 0 aliphatic carbocycles. The maximum Gasteiger partial charge on any atom is 0.227 e. The van der Waals surface area contributed by atoms with E-state index in [1.165, 1.54) is 5.56 Å². The summed E-state index contributed by atoms with van der Waals surface area (Å²) in [4.78, 5) is 14.3. The quantitative estimate of drug-likeness (QED) is 0.919. The van der Waals surface area contributed by atoms with E-state index in [2.05, 4.69) is 12.1 Å². The molecule has 0 spiro atoms. The van der Waals surface area contributed by atoms with Gasteiger partial charge < -0.3 is 14.7 Å². The van der Waals surface area contributed by atoms with Crippen LogP contribution < -0.4 is 0 Å². The van der Waals surface area contributed by atoms with E-state index in [9.17, 15) is 9.90 Å². The Morgan fingerprint density at radius 3 is 2.42 bits per heavy atom.